The van der Waals surface area contributed by atoms with Crippen molar-refractivity contribution in [2.24, 2.45) is 0 Å². The van der Waals surface area contributed by atoms with Gasteiger partial charge in [0.2, 0.25) is 15.9 Å². The number of carbonyl (C=O) groups excluding carboxylic acids is 1. The quantitative estimate of drug-likeness (QED) is 0.749. The molecule has 5 nitrogen and oxygen atoms in total. The van der Waals surface area contributed by atoms with Crippen LogP contribution in [-0.4, -0.2) is 32.7 Å². The number of thioether (sulfide) groups is 1. The average molecular weight is 405 g/mol. The maximum absolute atomic E-state index is 12.6. The number of amides is 1. The van der Waals surface area contributed by atoms with Gasteiger partial charge in [-0.25, -0.2) is 13.1 Å². The van der Waals surface area contributed by atoms with Crippen molar-refractivity contribution >= 4 is 33.4 Å². The molecule has 0 saturated heterocycles. The predicted molar refractivity (Wildman–Crippen MR) is 110 cm³/mol. The van der Waals surface area contributed by atoms with Crippen molar-refractivity contribution in [3.8, 4) is 0 Å². The molecule has 1 heterocycles. The van der Waals surface area contributed by atoms with Crippen LogP contribution >= 0.6 is 11.8 Å². The lowest BCUT2D eigenvalue weighted by molar-refractivity contribution is -0.116. The van der Waals surface area contributed by atoms with E-state index < -0.39 is 10.0 Å². The summed E-state index contributed by atoms with van der Waals surface area (Å²) in [5.74, 6) is -0.0752. The zero-order valence-corrected chi connectivity index (χ0v) is 17.1. The summed E-state index contributed by atoms with van der Waals surface area (Å²) in [6.45, 7) is 4.52. The number of anilines is 1. The minimum absolute atomic E-state index is 0.0752. The van der Waals surface area contributed by atoms with Gasteiger partial charge in [0, 0.05) is 30.2 Å². The molecule has 0 bridgehead atoms. The standard InChI is InChI=1S/C20H24N2O3S2/c1-15-14-22(16(2)23)19-13-18(10-11-20(19)26-15)27(24,25)21-12-6-9-17-7-4-3-5-8-17/h3-5,7-8,10-11,13,15,21H,6,9,12,14H2,1-2H3/t15-/m1/s1. The molecule has 1 aliphatic heterocycles. The van der Waals surface area contributed by atoms with Gasteiger partial charge in [-0.05, 0) is 36.6 Å². The molecule has 144 valence electrons. The van der Waals surface area contributed by atoms with Gasteiger partial charge in [-0.2, -0.15) is 0 Å². The molecule has 0 aromatic heterocycles. The molecule has 3 rings (SSSR count). The number of sulfonamides is 1. The minimum atomic E-state index is -3.61. The summed E-state index contributed by atoms with van der Waals surface area (Å²) in [5.41, 5.74) is 1.87. The van der Waals surface area contributed by atoms with E-state index >= 15 is 0 Å². The van der Waals surface area contributed by atoms with Crippen molar-refractivity contribution in [1.82, 2.24) is 4.72 Å². The predicted octanol–water partition coefficient (Wildman–Crippen LogP) is 3.44. The lowest BCUT2D eigenvalue weighted by Crippen LogP contribution is -2.37. The highest BCUT2D eigenvalue weighted by Gasteiger charge is 2.27. The first-order valence-electron chi connectivity index (χ1n) is 8.99. The first kappa shape index (κ1) is 19.9. The second kappa shape index (κ2) is 8.46. The highest BCUT2D eigenvalue weighted by atomic mass is 32.2. The third-order valence-corrected chi connectivity index (χ3v) is 7.07. The van der Waals surface area contributed by atoms with E-state index in [9.17, 15) is 13.2 Å². The van der Waals surface area contributed by atoms with Crippen molar-refractivity contribution in [2.45, 2.75) is 41.7 Å². The van der Waals surface area contributed by atoms with Gasteiger partial charge in [0.05, 0.1) is 10.6 Å². The van der Waals surface area contributed by atoms with Crippen LogP contribution < -0.4 is 9.62 Å². The van der Waals surface area contributed by atoms with Gasteiger partial charge in [0.15, 0.2) is 0 Å². The summed E-state index contributed by atoms with van der Waals surface area (Å²) in [5, 5.41) is 0.278. The maximum Gasteiger partial charge on any atom is 0.240 e. The Bertz CT molecular complexity index is 914. The topological polar surface area (TPSA) is 66.5 Å². The second-order valence-corrected chi connectivity index (χ2v) is 9.92. The highest BCUT2D eigenvalue weighted by Crippen LogP contribution is 2.39. The van der Waals surface area contributed by atoms with Crippen molar-refractivity contribution in [2.75, 3.05) is 18.0 Å². The molecular formula is C20H24N2O3S2. The van der Waals surface area contributed by atoms with Crippen LogP contribution in [0.15, 0.2) is 58.3 Å². The summed E-state index contributed by atoms with van der Waals surface area (Å²) in [6, 6.07) is 15.0. The fourth-order valence-corrected chi connectivity index (χ4v) is 5.30. The fraction of sp³-hybridized carbons (Fsp3) is 0.350. The number of rotatable bonds is 6. The largest absolute Gasteiger partial charge is 0.310 e. The zero-order chi connectivity index (χ0) is 19.4. The van der Waals surface area contributed by atoms with Crippen molar-refractivity contribution in [3.63, 3.8) is 0 Å². The Labute approximate surface area is 165 Å². The summed E-state index contributed by atoms with van der Waals surface area (Å²) in [6.07, 6.45) is 1.54. The molecule has 27 heavy (non-hydrogen) atoms. The van der Waals surface area contributed by atoms with E-state index in [1.54, 1.807) is 34.9 Å². The molecular weight excluding hydrogens is 380 g/mol. The molecule has 1 atom stereocenters. The van der Waals surface area contributed by atoms with E-state index in [4.69, 9.17) is 0 Å². The normalized spacial score (nSPS) is 16.8. The molecule has 1 N–H and O–H groups in total. The molecule has 1 amide bonds. The van der Waals surface area contributed by atoms with E-state index in [0.717, 1.165) is 17.7 Å². The third kappa shape index (κ3) is 4.91. The Kier molecular flexibility index (Phi) is 6.24. The molecule has 0 spiro atoms. The van der Waals surface area contributed by atoms with Crippen LogP contribution in [0.3, 0.4) is 0 Å². The number of fused-ring (bicyclic) bond motifs is 1. The fourth-order valence-electron chi connectivity index (χ4n) is 3.11. The van der Waals surface area contributed by atoms with Crippen LogP contribution in [0.4, 0.5) is 5.69 Å². The molecule has 0 aliphatic carbocycles. The summed E-state index contributed by atoms with van der Waals surface area (Å²) < 4.78 is 28.0. The number of hydrogen-bond acceptors (Lipinski definition) is 4. The Hall–Kier alpha value is -1.83. The molecule has 2 aromatic carbocycles. The Morgan fingerprint density at radius 2 is 1.96 bits per heavy atom. The van der Waals surface area contributed by atoms with Crippen molar-refractivity contribution in [1.29, 1.82) is 0 Å². The lowest BCUT2D eigenvalue weighted by atomic mass is 10.1. The molecule has 0 radical (unpaired) electrons. The Morgan fingerprint density at radius 1 is 1.22 bits per heavy atom. The first-order chi connectivity index (χ1) is 12.9. The van der Waals surface area contributed by atoms with Crippen LogP contribution in [0.2, 0.25) is 0 Å². The van der Waals surface area contributed by atoms with Crippen molar-refractivity contribution < 1.29 is 13.2 Å². The van der Waals surface area contributed by atoms with Gasteiger partial charge in [-0.1, -0.05) is 37.3 Å². The molecule has 0 saturated carbocycles. The van der Waals surface area contributed by atoms with Crippen LogP contribution in [-0.2, 0) is 21.2 Å². The van der Waals surface area contributed by atoms with Crippen LogP contribution in [0.5, 0.6) is 0 Å². The average Bonchev–Trinajstić information content (AvgIpc) is 2.65. The Balaban J connectivity index is 1.69. The van der Waals surface area contributed by atoms with E-state index in [-0.39, 0.29) is 16.1 Å². The number of nitrogens with zero attached hydrogens (tertiary/aromatic N) is 1. The van der Waals surface area contributed by atoms with E-state index in [1.807, 2.05) is 30.3 Å². The Morgan fingerprint density at radius 3 is 2.67 bits per heavy atom. The SMILES string of the molecule is CC(=O)N1C[C@@H](C)Sc2ccc(S(=O)(=O)NCCCc3ccccc3)cc21. The summed E-state index contributed by atoms with van der Waals surface area (Å²) in [7, 11) is -3.61. The first-order valence-corrected chi connectivity index (χ1v) is 11.4. The minimum Gasteiger partial charge on any atom is -0.310 e. The summed E-state index contributed by atoms with van der Waals surface area (Å²) in [4.78, 5) is 14.8. The summed E-state index contributed by atoms with van der Waals surface area (Å²) >= 11 is 1.66. The number of aryl methyl sites for hydroxylation is 1. The third-order valence-electron chi connectivity index (χ3n) is 4.46. The van der Waals surface area contributed by atoms with Gasteiger partial charge >= 0.3 is 0 Å². The number of hydrogen-bond donors (Lipinski definition) is 1. The monoisotopic (exact) mass is 404 g/mol. The molecule has 0 fully saturated rings. The molecule has 2 aromatic rings. The van der Waals surface area contributed by atoms with E-state index in [2.05, 4.69) is 11.6 Å². The number of benzene rings is 2. The van der Waals surface area contributed by atoms with Gasteiger partial charge in [0.25, 0.3) is 0 Å². The van der Waals surface area contributed by atoms with Gasteiger partial charge < -0.3 is 4.90 Å². The lowest BCUT2D eigenvalue weighted by Gasteiger charge is -2.32. The molecule has 7 heteroatoms. The molecule has 0 unspecified atom stereocenters. The number of carbonyl (C=O) groups is 1. The van der Waals surface area contributed by atoms with E-state index in [0.29, 0.717) is 18.8 Å². The van der Waals surface area contributed by atoms with E-state index in [1.165, 1.54) is 12.5 Å². The molecule has 1 aliphatic rings. The van der Waals surface area contributed by atoms with Crippen LogP contribution in [0, 0.1) is 0 Å². The highest BCUT2D eigenvalue weighted by molar-refractivity contribution is 8.00. The maximum atomic E-state index is 12.6. The van der Waals surface area contributed by atoms with Gasteiger partial charge in [0.1, 0.15) is 0 Å². The smallest absolute Gasteiger partial charge is 0.240 e. The zero-order valence-electron chi connectivity index (χ0n) is 15.5. The van der Waals surface area contributed by atoms with Gasteiger partial charge in [-0.3, -0.25) is 4.79 Å². The second-order valence-electron chi connectivity index (χ2n) is 6.67. The van der Waals surface area contributed by atoms with Crippen LogP contribution in [0.25, 0.3) is 0 Å². The van der Waals surface area contributed by atoms with Crippen molar-refractivity contribution in [3.05, 3.63) is 54.1 Å². The van der Waals surface area contributed by atoms with Gasteiger partial charge in [-0.15, -0.1) is 11.8 Å². The van der Waals surface area contributed by atoms with Crippen LogP contribution in [0.1, 0.15) is 25.8 Å². The number of nitrogens with one attached hydrogen (secondary N) is 1.